The molecule has 0 amide bonds. The number of nitrogens with zero attached hydrogens (tertiary/aromatic N) is 2. The Hall–Kier alpha value is -1.40. The molecule has 7 heteroatoms. The molecule has 1 saturated carbocycles. The first-order chi connectivity index (χ1) is 9.46. The van der Waals surface area contributed by atoms with E-state index in [0.29, 0.717) is 5.92 Å². The van der Waals surface area contributed by atoms with Crippen molar-refractivity contribution in [2.45, 2.75) is 38.1 Å². The van der Waals surface area contributed by atoms with Crippen LogP contribution in [0.25, 0.3) is 0 Å². The molecule has 0 unspecified atom stereocenters. The second-order valence-electron chi connectivity index (χ2n) is 5.50. The van der Waals surface area contributed by atoms with Gasteiger partial charge in [-0.3, -0.25) is 10.1 Å². The highest BCUT2D eigenvalue weighted by molar-refractivity contribution is 6.29. The van der Waals surface area contributed by atoms with Gasteiger partial charge in [-0.2, -0.15) is 0 Å². The average molecular weight is 300 g/mol. The van der Waals surface area contributed by atoms with Crippen molar-refractivity contribution in [3.63, 3.8) is 0 Å². The van der Waals surface area contributed by atoms with Gasteiger partial charge in [0.25, 0.3) is 0 Å². The van der Waals surface area contributed by atoms with Crippen molar-refractivity contribution < 1.29 is 10.0 Å². The number of hydrogen-bond donors (Lipinski definition) is 2. The van der Waals surface area contributed by atoms with E-state index in [1.165, 1.54) is 12.1 Å². The summed E-state index contributed by atoms with van der Waals surface area (Å²) in [5.74, 6) is 0.741. The Morgan fingerprint density at radius 1 is 1.55 bits per heavy atom. The molecule has 1 aliphatic rings. The lowest BCUT2D eigenvalue weighted by Gasteiger charge is -2.38. The van der Waals surface area contributed by atoms with Crippen molar-refractivity contribution in [1.29, 1.82) is 0 Å². The smallest absolute Gasteiger partial charge is 0.311 e. The number of nitrogens with one attached hydrogen (secondary N) is 1. The Morgan fingerprint density at radius 3 is 2.75 bits per heavy atom. The summed E-state index contributed by atoms with van der Waals surface area (Å²) in [6, 6.07) is 2.72. The van der Waals surface area contributed by atoms with E-state index in [9.17, 15) is 15.2 Å². The van der Waals surface area contributed by atoms with Crippen LogP contribution in [0.15, 0.2) is 12.1 Å². The van der Waals surface area contributed by atoms with Crippen molar-refractivity contribution in [3.05, 3.63) is 27.4 Å². The van der Waals surface area contributed by atoms with Gasteiger partial charge in [0.2, 0.25) is 5.82 Å². The molecule has 1 aromatic rings. The van der Waals surface area contributed by atoms with Gasteiger partial charge in [-0.25, -0.2) is 4.98 Å². The minimum atomic E-state index is -0.547. The number of rotatable bonds is 4. The monoisotopic (exact) mass is 299 g/mol. The molecule has 6 nitrogen and oxygen atoms in total. The van der Waals surface area contributed by atoms with E-state index in [2.05, 4.69) is 17.2 Å². The second kappa shape index (κ2) is 5.93. The maximum Gasteiger partial charge on any atom is 0.311 e. The summed E-state index contributed by atoms with van der Waals surface area (Å²) in [5.41, 5.74) is -0.671. The number of aliphatic hydroxyl groups excluding tert-OH is 1. The normalized spacial score (nSPS) is 26.2. The van der Waals surface area contributed by atoms with Crippen LogP contribution in [0.4, 0.5) is 11.5 Å². The van der Waals surface area contributed by atoms with Crippen LogP contribution in [-0.4, -0.2) is 27.2 Å². The first-order valence-corrected chi connectivity index (χ1v) is 7.03. The lowest BCUT2D eigenvalue weighted by Crippen LogP contribution is -2.45. The SMILES string of the molecule is CC1CCC(CO)(Nc2nc(Cl)ccc2[N+](=O)[O-])CC1. The van der Waals surface area contributed by atoms with Crippen molar-refractivity contribution >= 4 is 23.1 Å². The third kappa shape index (κ3) is 3.19. The standard InChI is InChI=1S/C13H18ClN3O3/c1-9-4-6-13(8-18,7-5-9)16-12-10(17(19)20)2-3-11(14)15-12/h2-3,9,18H,4-8H2,1H3,(H,15,16). The van der Waals surface area contributed by atoms with Crippen molar-refractivity contribution in [2.24, 2.45) is 5.92 Å². The first-order valence-electron chi connectivity index (χ1n) is 6.66. The number of aliphatic hydroxyl groups is 1. The van der Waals surface area contributed by atoms with Crippen LogP contribution in [0.3, 0.4) is 0 Å². The number of aromatic nitrogens is 1. The van der Waals surface area contributed by atoms with Gasteiger partial charge in [-0.05, 0) is 37.7 Å². The molecule has 0 radical (unpaired) electrons. The molecule has 110 valence electrons. The molecule has 0 aromatic carbocycles. The van der Waals surface area contributed by atoms with E-state index in [1.807, 2.05) is 0 Å². The van der Waals surface area contributed by atoms with Crippen molar-refractivity contribution in [3.8, 4) is 0 Å². The van der Waals surface area contributed by atoms with Crippen molar-refractivity contribution in [1.82, 2.24) is 4.98 Å². The van der Waals surface area contributed by atoms with E-state index >= 15 is 0 Å². The summed E-state index contributed by atoms with van der Waals surface area (Å²) in [7, 11) is 0. The Bertz CT molecular complexity index is 502. The summed E-state index contributed by atoms with van der Waals surface area (Å²) in [6.07, 6.45) is 3.47. The first kappa shape index (κ1) is 15.0. The van der Waals surface area contributed by atoms with E-state index in [0.717, 1.165) is 25.7 Å². The predicted molar refractivity (Wildman–Crippen MR) is 77.0 cm³/mol. The van der Waals surface area contributed by atoms with Crippen molar-refractivity contribution in [2.75, 3.05) is 11.9 Å². The van der Waals surface area contributed by atoms with Crippen LogP contribution in [0.2, 0.25) is 5.15 Å². The lowest BCUT2D eigenvalue weighted by molar-refractivity contribution is -0.384. The van der Waals surface area contributed by atoms with Crippen LogP contribution in [0.5, 0.6) is 0 Å². The fraction of sp³-hybridized carbons (Fsp3) is 0.615. The third-order valence-electron chi connectivity index (χ3n) is 3.95. The summed E-state index contributed by atoms with van der Waals surface area (Å²) >= 11 is 5.81. The molecule has 1 aromatic heterocycles. The van der Waals surface area contributed by atoms with Gasteiger partial charge < -0.3 is 10.4 Å². The molecule has 1 fully saturated rings. The Morgan fingerprint density at radius 2 is 2.20 bits per heavy atom. The molecule has 0 atom stereocenters. The molecule has 1 heterocycles. The van der Waals surface area contributed by atoms with E-state index in [1.54, 1.807) is 0 Å². The molecular formula is C13H18ClN3O3. The topological polar surface area (TPSA) is 88.3 Å². The number of nitro groups is 1. The van der Waals surface area contributed by atoms with Gasteiger partial charge in [0.1, 0.15) is 5.15 Å². The maximum atomic E-state index is 11.0. The highest BCUT2D eigenvalue weighted by Crippen LogP contribution is 2.36. The molecule has 2 rings (SSSR count). The molecule has 0 spiro atoms. The predicted octanol–water partition coefficient (Wildman–Crippen LogP) is 3.00. The van der Waals surface area contributed by atoms with Gasteiger partial charge in [-0.15, -0.1) is 0 Å². The van der Waals surface area contributed by atoms with Gasteiger partial charge in [-0.1, -0.05) is 18.5 Å². The number of halogens is 1. The Kier molecular flexibility index (Phi) is 4.45. The Labute approximate surface area is 122 Å². The minimum absolute atomic E-state index is 0.0783. The summed E-state index contributed by atoms with van der Waals surface area (Å²) < 4.78 is 0. The quantitative estimate of drug-likeness (QED) is 0.507. The van der Waals surface area contributed by atoms with Crippen LogP contribution in [-0.2, 0) is 0 Å². The lowest BCUT2D eigenvalue weighted by atomic mass is 9.77. The Balaban J connectivity index is 2.27. The summed E-state index contributed by atoms with van der Waals surface area (Å²) in [4.78, 5) is 14.5. The minimum Gasteiger partial charge on any atom is -0.394 e. The zero-order chi connectivity index (χ0) is 14.8. The summed E-state index contributed by atoms with van der Waals surface area (Å²) in [5, 5.41) is 24.0. The fourth-order valence-corrected chi connectivity index (χ4v) is 2.70. The average Bonchev–Trinajstić information content (AvgIpc) is 2.41. The molecule has 0 bridgehead atoms. The summed E-state index contributed by atoms with van der Waals surface area (Å²) in [6.45, 7) is 2.09. The second-order valence-corrected chi connectivity index (χ2v) is 5.89. The molecular weight excluding hydrogens is 282 g/mol. The zero-order valence-electron chi connectivity index (χ0n) is 11.3. The van der Waals surface area contributed by atoms with Gasteiger partial charge in [0.05, 0.1) is 17.1 Å². The molecule has 1 aliphatic carbocycles. The van der Waals surface area contributed by atoms with E-state index < -0.39 is 10.5 Å². The molecule has 20 heavy (non-hydrogen) atoms. The molecule has 0 aliphatic heterocycles. The van der Waals surface area contributed by atoms with Gasteiger partial charge in [0, 0.05) is 6.07 Å². The highest BCUT2D eigenvalue weighted by Gasteiger charge is 2.35. The van der Waals surface area contributed by atoms with Crippen LogP contribution >= 0.6 is 11.6 Å². The molecule has 2 N–H and O–H groups in total. The molecule has 0 saturated heterocycles. The maximum absolute atomic E-state index is 11.0. The zero-order valence-corrected chi connectivity index (χ0v) is 12.1. The van der Waals surface area contributed by atoms with Crippen LogP contribution in [0, 0.1) is 16.0 Å². The van der Waals surface area contributed by atoms with Gasteiger partial charge in [0.15, 0.2) is 0 Å². The largest absolute Gasteiger partial charge is 0.394 e. The van der Waals surface area contributed by atoms with Crippen LogP contribution in [0.1, 0.15) is 32.6 Å². The van der Waals surface area contributed by atoms with Gasteiger partial charge >= 0.3 is 5.69 Å². The van der Waals surface area contributed by atoms with E-state index in [4.69, 9.17) is 11.6 Å². The number of anilines is 1. The fourth-order valence-electron chi connectivity index (χ4n) is 2.56. The van der Waals surface area contributed by atoms with Crippen LogP contribution < -0.4 is 5.32 Å². The number of hydrogen-bond acceptors (Lipinski definition) is 5. The third-order valence-corrected chi connectivity index (χ3v) is 4.16. The number of pyridine rings is 1. The van der Waals surface area contributed by atoms with E-state index in [-0.39, 0.29) is 23.3 Å². The highest BCUT2D eigenvalue weighted by atomic mass is 35.5.